The summed E-state index contributed by atoms with van der Waals surface area (Å²) in [4.78, 5) is 159. The highest BCUT2D eigenvalue weighted by Gasteiger charge is 2.52. The Kier molecular flexibility index (Phi) is 30.8. The summed E-state index contributed by atoms with van der Waals surface area (Å²) in [6, 6.07) is 5.11. The van der Waals surface area contributed by atoms with Gasteiger partial charge in [0.1, 0.15) is 101 Å². The van der Waals surface area contributed by atoms with Crippen LogP contribution in [-0.2, 0) is 68.7 Å². The number of halogens is 4. The molecule has 11 bridgehead atoms. The number of phenols is 3. The summed E-state index contributed by atoms with van der Waals surface area (Å²) >= 11 is 26.6. The number of nitrogens with zero attached hydrogens (tertiary/aromatic N) is 3. The maximum absolute atomic E-state index is 16.4. The van der Waals surface area contributed by atoms with Crippen LogP contribution in [0.15, 0.2) is 114 Å². The number of fused-ring (bicyclic) bond motifs is 15. The molecule has 9 amide bonds. The number of aliphatic hydroxyl groups is 6. The first kappa shape index (κ1) is 96.4. The van der Waals surface area contributed by atoms with Crippen molar-refractivity contribution in [1.29, 1.82) is 0 Å². The molecule has 3 fully saturated rings. The van der Waals surface area contributed by atoms with E-state index in [4.69, 9.17) is 90.1 Å². The zero-order valence-electron chi connectivity index (χ0n) is 70.1. The third-order valence-corrected chi connectivity index (χ3v) is 23.7. The normalized spacial score (nSPS) is 26.3. The number of carbonyl (C=O) groups is 9. The Morgan fingerprint density at radius 1 is 0.700 bits per heavy atom. The number of aromatic hydroxyl groups is 3. The minimum atomic E-state index is -2.40. The second-order valence-corrected chi connectivity index (χ2v) is 34.1. The lowest BCUT2D eigenvalue weighted by Crippen LogP contribution is -2.65. The Morgan fingerprint density at radius 2 is 1.35 bits per heavy atom. The summed E-state index contributed by atoms with van der Waals surface area (Å²) in [7, 11) is 1.47. The molecule has 21 N–H and O–H groups in total. The van der Waals surface area contributed by atoms with Crippen molar-refractivity contribution in [3.05, 3.63) is 173 Å². The number of morpholine rings is 1. The molecule has 8 aliphatic rings. The molecule has 41 nitrogen and oxygen atoms in total. The quantitative estimate of drug-likeness (QED) is 0.0321. The Bertz CT molecular complexity index is 5500. The van der Waals surface area contributed by atoms with Crippen molar-refractivity contribution in [2.45, 2.75) is 163 Å². The second-order valence-electron chi connectivity index (χ2n) is 32.4. The van der Waals surface area contributed by atoms with Gasteiger partial charge < -0.3 is 133 Å². The van der Waals surface area contributed by atoms with Gasteiger partial charge in [0.2, 0.25) is 53.4 Å². The van der Waals surface area contributed by atoms with Gasteiger partial charge >= 0.3 is 5.69 Å². The second kappa shape index (κ2) is 41.5. The van der Waals surface area contributed by atoms with E-state index in [1.54, 1.807) is 6.92 Å². The summed E-state index contributed by atoms with van der Waals surface area (Å²) in [6.07, 6.45) is -18.3. The number of nitrogens with one attached hydrogen (secondary N) is 10. The molecule has 15 rings (SSSR count). The molecular weight excluding hydrogens is 1790 g/mol. The molecule has 1 aromatic heterocycles. The number of anilines is 1. The number of likely N-dealkylation sites (N-methyl/N-ethyl adjacent to an activating group) is 1. The number of hydroxylamine groups is 1. The monoisotopic (exact) mass is 1880 g/mol. The van der Waals surface area contributed by atoms with Crippen LogP contribution in [-0.4, -0.2) is 252 Å². The van der Waals surface area contributed by atoms with E-state index < -0.39 is 254 Å². The fraction of sp³-hybridized carbons (Fsp3) is 0.424. The van der Waals surface area contributed by atoms with Crippen molar-refractivity contribution >= 4 is 105 Å². The maximum atomic E-state index is 16.4. The third-order valence-electron chi connectivity index (χ3n) is 22.7. The molecule has 18 unspecified atom stereocenters. The number of ether oxygens (including phenoxy) is 7. The predicted molar refractivity (Wildman–Crippen MR) is 460 cm³/mol. The summed E-state index contributed by atoms with van der Waals surface area (Å²) in [5, 5.41) is 131. The summed E-state index contributed by atoms with van der Waals surface area (Å²) in [5.74, 6) is -16.3. The summed E-state index contributed by atoms with van der Waals surface area (Å²) in [6.45, 7) is 7.59. The lowest BCUT2D eigenvalue weighted by molar-refractivity contribution is -0.334. The Balaban J connectivity index is 0.941. The topological polar surface area (TPSA) is 594 Å². The molecular formula is C85H96Cl4N14O27. The van der Waals surface area contributed by atoms with E-state index in [2.05, 4.69) is 58.3 Å². The molecule has 3 saturated heterocycles. The number of primary amides is 1. The molecule has 696 valence electrons. The van der Waals surface area contributed by atoms with Crippen LogP contribution in [0.5, 0.6) is 46.0 Å². The number of rotatable bonds is 23. The highest BCUT2D eigenvalue weighted by molar-refractivity contribution is 6.35. The standard InChI is InChI=1S/C85H96Cl4N14O27/c1-36(2)22-50(91-5)76(115)99-66-68(109)39-7-10-54(48(88)26-39)126-56-28-41-29-57(72(56)130-83-73(71(112)70(111)58(35-104)128-83)129-61-34-85(4,74(113)37(3)125-61)92-13-15-103-14-12-60(95-84(103)122)94-75(114)42-23-43(86)30-44(87)24-42)127-55-11-8-40(27-49(55)89)69(110)67-81(120)98-65(82(121)101-124-21-18-102-16-19-123-20-17-102)47-31-45(105)32-53(107)62(47)46-25-38(6-9-52(46)106)63(78(117)100-67)97-79(118)64(41)96-77(116)51(33-59(90)108)93-80(66)119/h6-12,14,23-32,36-37,50-51,58,61,63-71,73-74,83,91-92,104-107,109-113H,13,15-22,33-35H2,1-5H3,(H2,90,108)(H,93,119)(H,96,116)(H,97,118)(H,98,120)(H,99,115)(H,100,117)(H,101,121)(H,94,95,114,122). The zero-order valence-corrected chi connectivity index (χ0v) is 73.1. The molecule has 9 heterocycles. The number of hydrogen-bond donors (Lipinski definition) is 20. The molecule has 7 aromatic rings. The molecule has 0 saturated carbocycles. The van der Waals surface area contributed by atoms with Crippen molar-refractivity contribution in [2.75, 3.05) is 65.0 Å². The number of nitrogens with two attached hydrogens (primary N) is 1. The van der Waals surface area contributed by atoms with Crippen LogP contribution in [0.3, 0.4) is 0 Å². The fourth-order valence-corrected chi connectivity index (χ4v) is 16.8. The van der Waals surface area contributed by atoms with E-state index >= 15 is 24.0 Å². The van der Waals surface area contributed by atoms with Crippen LogP contribution >= 0.6 is 46.4 Å². The molecule has 0 aliphatic carbocycles. The fourth-order valence-electron chi connectivity index (χ4n) is 15.8. The van der Waals surface area contributed by atoms with Crippen molar-refractivity contribution in [3.63, 3.8) is 0 Å². The van der Waals surface area contributed by atoms with Crippen molar-refractivity contribution in [3.8, 4) is 57.1 Å². The van der Waals surface area contributed by atoms with E-state index in [1.165, 1.54) is 61.1 Å². The van der Waals surface area contributed by atoms with Crippen molar-refractivity contribution in [1.82, 2.24) is 62.5 Å². The van der Waals surface area contributed by atoms with Crippen molar-refractivity contribution in [2.24, 2.45) is 11.7 Å². The third kappa shape index (κ3) is 22.2. The number of aliphatic hydroxyl groups excluding tert-OH is 6. The molecule has 18 atom stereocenters. The Hall–Kier alpha value is -11.2. The van der Waals surface area contributed by atoms with E-state index in [0.29, 0.717) is 26.3 Å². The predicted octanol–water partition coefficient (Wildman–Crippen LogP) is 1.85. The van der Waals surface area contributed by atoms with E-state index in [1.807, 2.05) is 18.7 Å². The smallest absolute Gasteiger partial charge is 0.349 e. The van der Waals surface area contributed by atoms with E-state index in [0.717, 1.165) is 66.7 Å². The minimum absolute atomic E-state index is 0.0520. The van der Waals surface area contributed by atoms with Gasteiger partial charge in [-0.15, -0.1) is 0 Å². The van der Waals surface area contributed by atoms with E-state index in [-0.39, 0.29) is 88.9 Å². The molecule has 0 radical (unpaired) electrons. The van der Waals surface area contributed by atoms with Gasteiger partial charge in [0.15, 0.2) is 23.9 Å². The van der Waals surface area contributed by atoms with Gasteiger partial charge in [0, 0.05) is 83.7 Å². The van der Waals surface area contributed by atoms with Crippen LogP contribution in [0.2, 0.25) is 20.1 Å². The molecule has 6 aromatic carbocycles. The lowest BCUT2D eigenvalue weighted by Gasteiger charge is -2.48. The zero-order chi connectivity index (χ0) is 93.6. The van der Waals surface area contributed by atoms with Crippen LogP contribution in [0, 0.1) is 5.92 Å². The largest absolute Gasteiger partial charge is 0.508 e. The van der Waals surface area contributed by atoms with Crippen LogP contribution in [0.4, 0.5) is 5.82 Å². The Morgan fingerprint density at radius 3 is 1.98 bits per heavy atom. The minimum Gasteiger partial charge on any atom is -0.508 e. The number of benzene rings is 6. The SMILES string of the molecule is CNC(CC(C)C)C(=O)NC1C(=O)NC(CC(N)=O)C(=O)NC2C(=O)NC3C(=O)NC(C(=O)NC(C(=O)NOCCN4CCOCC4)c4cc(O)cc(O)c4-c4cc3ccc4O)C(O)c3ccc(c(Cl)c3)Oc3cc2cc(c3OC2OC(CO)C(O)C(O)C2OC2CC(C)(NCCn3ccc(NC(=O)c4cc(Cl)cc(Cl)c4)nc3=O)C(O)C(C)O2)Oc2ccc(cc2Cl)C1O. The van der Waals surface area contributed by atoms with E-state index in [9.17, 15) is 69.9 Å². The van der Waals surface area contributed by atoms with Crippen LogP contribution in [0.1, 0.15) is 115 Å². The summed E-state index contributed by atoms with van der Waals surface area (Å²) < 4.78 is 46.2. The van der Waals surface area contributed by atoms with Gasteiger partial charge in [-0.3, -0.25) is 57.5 Å². The average molecular weight is 1890 g/mol. The van der Waals surface area contributed by atoms with Gasteiger partial charge in [-0.1, -0.05) is 78.5 Å². The first-order chi connectivity index (χ1) is 61.8. The number of aromatic nitrogens is 2. The molecule has 0 spiro atoms. The van der Waals surface area contributed by atoms with Gasteiger partial charge in [-0.2, -0.15) is 4.98 Å². The first-order valence-electron chi connectivity index (χ1n) is 41.1. The first-order valence-corrected chi connectivity index (χ1v) is 42.6. The summed E-state index contributed by atoms with van der Waals surface area (Å²) in [5.41, 5.74) is 3.31. The number of phenolic OH excluding ortho intramolecular Hbond substituents is 3. The van der Waals surface area contributed by atoms with Gasteiger partial charge in [0.25, 0.3) is 11.8 Å². The molecule has 8 aliphatic heterocycles. The van der Waals surface area contributed by atoms with Crippen LogP contribution < -0.4 is 79.0 Å². The highest BCUT2D eigenvalue weighted by atomic mass is 35.5. The average Bonchev–Trinajstić information content (AvgIpc) is 0.755. The highest BCUT2D eigenvalue weighted by Crippen LogP contribution is 2.50. The molecule has 45 heteroatoms. The van der Waals surface area contributed by atoms with Gasteiger partial charge in [0.05, 0.1) is 61.1 Å². The van der Waals surface area contributed by atoms with Gasteiger partial charge in [-0.25, -0.2) is 10.3 Å². The Labute approximate surface area is 760 Å². The lowest BCUT2D eigenvalue weighted by atomic mass is 9.85. The number of amides is 9. The molecule has 130 heavy (non-hydrogen) atoms. The maximum Gasteiger partial charge on any atom is 0.349 e. The van der Waals surface area contributed by atoms with Crippen LogP contribution in [0.25, 0.3) is 11.1 Å². The number of carbonyl (C=O) groups excluding carboxylic acids is 9. The van der Waals surface area contributed by atoms with Crippen molar-refractivity contribution < 1.29 is 127 Å². The number of hydrogen-bond acceptors (Lipinski definition) is 31. The van der Waals surface area contributed by atoms with Gasteiger partial charge in [-0.05, 0) is 140 Å².